The summed E-state index contributed by atoms with van der Waals surface area (Å²) in [6.07, 6.45) is 1.64. The minimum Gasteiger partial charge on any atom is -0.229 e. The highest BCUT2D eigenvalue weighted by Crippen LogP contribution is 2.33. The van der Waals surface area contributed by atoms with Gasteiger partial charge in [0.05, 0.1) is 11.5 Å². The average molecular weight is 358 g/mol. The third-order valence-electron chi connectivity index (χ3n) is 3.27. The lowest BCUT2D eigenvalue weighted by Gasteiger charge is -2.19. The molecule has 0 spiro atoms. The lowest BCUT2D eigenvalue weighted by Crippen LogP contribution is -2.20. The fourth-order valence-electron chi connectivity index (χ4n) is 2.25. The maximum atomic E-state index is 11.5. The maximum absolute atomic E-state index is 11.5. The molecule has 2 nitrogen and oxygen atoms in total. The zero-order chi connectivity index (χ0) is 12.5. The number of rotatable bonds is 4. The molecule has 2 heterocycles. The van der Waals surface area contributed by atoms with Gasteiger partial charge in [-0.25, -0.2) is 8.42 Å². The molecule has 1 aliphatic heterocycles. The van der Waals surface area contributed by atoms with Gasteiger partial charge in [-0.05, 0) is 52.1 Å². The van der Waals surface area contributed by atoms with Gasteiger partial charge in [-0.2, -0.15) is 0 Å². The normalized spacial score (nSPS) is 24.9. The van der Waals surface area contributed by atoms with Crippen LogP contribution in [0.5, 0.6) is 0 Å². The summed E-state index contributed by atoms with van der Waals surface area (Å²) < 4.78 is 24.1. The van der Waals surface area contributed by atoms with Crippen molar-refractivity contribution in [2.45, 2.75) is 12.8 Å². The molecule has 2 rings (SSSR count). The van der Waals surface area contributed by atoms with Gasteiger partial charge >= 0.3 is 0 Å². The molecule has 0 saturated carbocycles. The molecular formula is C11H14BrClO2S2. The standard InChI is InChI=1S/C11H14BrClO2S2/c12-10-1-3-16-11(10)5-9(6-13)8-2-4-17(14,15)7-8/h1,3,8-9H,2,4-7H2. The Bertz CT molecular complexity index is 483. The van der Waals surface area contributed by atoms with E-state index >= 15 is 0 Å². The Morgan fingerprint density at radius 3 is 2.82 bits per heavy atom. The van der Waals surface area contributed by atoms with Crippen LogP contribution in [-0.4, -0.2) is 25.8 Å². The molecule has 0 bridgehead atoms. The smallest absolute Gasteiger partial charge is 0.150 e. The van der Waals surface area contributed by atoms with Crippen molar-refractivity contribution in [2.75, 3.05) is 17.4 Å². The molecule has 0 radical (unpaired) electrons. The lowest BCUT2D eigenvalue weighted by molar-refractivity contribution is 0.399. The summed E-state index contributed by atoms with van der Waals surface area (Å²) >= 11 is 11.2. The van der Waals surface area contributed by atoms with Gasteiger partial charge in [-0.15, -0.1) is 22.9 Å². The van der Waals surface area contributed by atoms with Gasteiger partial charge in [0.15, 0.2) is 9.84 Å². The summed E-state index contributed by atoms with van der Waals surface area (Å²) in [4.78, 5) is 1.26. The summed E-state index contributed by atoms with van der Waals surface area (Å²) in [5, 5.41) is 2.04. The number of hydrogen-bond acceptors (Lipinski definition) is 3. The van der Waals surface area contributed by atoms with Gasteiger partial charge < -0.3 is 0 Å². The Labute approximate surface area is 119 Å². The summed E-state index contributed by atoms with van der Waals surface area (Å²) in [5.41, 5.74) is 0. The van der Waals surface area contributed by atoms with Crippen LogP contribution in [0.3, 0.4) is 0 Å². The van der Waals surface area contributed by atoms with Crippen LogP contribution in [0.15, 0.2) is 15.9 Å². The molecule has 0 aliphatic carbocycles. The number of halogens is 2. The third kappa shape index (κ3) is 3.46. The van der Waals surface area contributed by atoms with E-state index in [-0.39, 0.29) is 11.8 Å². The predicted octanol–water partition coefficient (Wildman–Crippen LogP) is 3.34. The maximum Gasteiger partial charge on any atom is 0.150 e. The molecule has 6 heteroatoms. The first-order chi connectivity index (χ1) is 8.02. The second-order valence-corrected chi connectivity index (χ2v) is 8.87. The summed E-state index contributed by atoms with van der Waals surface area (Å²) in [6.45, 7) is 0. The molecule has 96 valence electrons. The Morgan fingerprint density at radius 1 is 1.59 bits per heavy atom. The second kappa shape index (κ2) is 5.59. The lowest BCUT2D eigenvalue weighted by atomic mass is 9.90. The van der Waals surface area contributed by atoms with E-state index in [4.69, 9.17) is 11.6 Å². The van der Waals surface area contributed by atoms with Gasteiger partial charge in [0.2, 0.25) is 0 Å². The molecule has 0 N–H and O–H groups in total. The van der Waals surface area contributed by atoms with E-state index < -0.39 is 9.84 Å². The van der Waals surface area contributed by atoms with Crippen molar-refractivity contribution in [3.05, 3.63) is 20.8 Å². The Kier molecular flexibility index (Phi) is 4.55. The summed E-state index contributed by atoms with van der Waals surface area (Å²) in [5.74, 6) is 1.67. The largest absolute Gasteiger partial charge is 0.229 e. The van der Waals surface area contributed by atoms with Crippen LogP contribution in [0.4, 0.5) is 0 Å². The zero-order valence-corrected chi connectivity index (χ0v) is 13.2. The molecule has 1 fully saturated rings. The van der Waals surface area contributed by atoms with Crippen LogP contribution in [-0.2, 0) is 16.3 Å². The first-order valence-electron chi connectivity index (χ1n) is 5.50. The van der Waals surface area contributed by atoms with E-state index in [1.165, 1.54) is 4.88 Å². The average Bonchev–Trinajstić information content (AvgIpc) is 2.82. The molecule has 0 aromatic carbocycles. The van der Waals surface area contributed by atoms with Crippen molar-refractivity contribution < 1.29 is 8.42 Å². The van der Waals surface area contributed by atoms with Crippen LogP contribution in [0.25, 0.3) is 0 Å². The zero-order valence-electron chi connectivity index (χ0n) is 9.23. The van der Waals surface area contributed by atoms with Gasteiger partial charge in [0.25, 0.3) is 0 Å². The van der Waals surface area contributed by atoms with Crippen molar-refractivity contribution >= 4 is 48.7 Å². The van der Waals surface area contributed by atoms with Gasteiger partial charge in [0, 0.05) is 15.2 Å². The predicted molar refractivity (Wildman–Crippen MR) is 76.7 cm³/mol. The summed E-state index contributed by atoms with van der Waals surface area (Å²) in [7, 11) is -2.81. The second-order valence-electron chi connectivity index (χ2n) is 4.47. The third-order valence-corrected chi connectivity index (χ3v) is 7.41. The van der Waals surface area contributed by atoms with Crippen molar-refractivity contribution in [3.63, 3.8) is 0 Å². The van der Waals surface area contributed by atoms with Crippen LogP contribution < -0.4 is 0 Å². The Morgan fingerprint density at radius 2 is 2.35 bits per heavy atom. The number of sulfone groups is 1. The van der Waals surface area contributed by atoms with E-state index in [1.807, 2.05) is 11.4 Å². The van der Waals surface area contributed by atoms with E-state index in [0.717, 1.165) is 17.3 Å². The molecule has 1 aromatic rings. The number of hydrogen-bond donors (Lipinski definition) is 0. The molecular weight excluding hydrogens is 344 g/mol. The molecule has 1 saturated heterocycles. The Hall–Kier alpha value is 0.420. The van der Waals surface area contributed by atoms with Gasteiger partial charge in [-0.1, -0.05) is 0 Å². The van der Waals surface area contributed by atoms with E-state index in [9.17, 15) is 8.42 Å². The van der Waals surface area contributed by atoms with Crippen LogP contribution >= 0.6 is 38.9 Å². The molecule has 2 atom stereocenters. The van der Waals surface area contributed by atoms with E-state index in [2.05, 4.69) is 15.9 Å². The van der Waals surface area contributed by atoms with E-state index in [0.29, 0.717) is 17.4 Å². The monoisotopic (exact) mass is 356 g/mol. The number of alkyl halides is 1. The number of thiophene rings is 1. The fourth-order valence-corrected chi connectivity index (χ4v) is 6.14. The Balaban J connectivity index is 2.05. The minimum atomic E-state index is -2.81. The quantitative estimate of drug-likeness (QED) is 0.775. The first kappa shape index (κ1) is 13.8. The van der Waals surface area contributed by atoms with Crippen LogP contribution in [0, 0.1) is 11.8 Å². The minimum absolute atomic E-state index is 0.228. The highest BCUT2D eigenvalue weighted by Gasteiger charge is 2.33. The van der Waals surface area contributed by atoms with Gasteiger partial charge in [0.1, 0.15) is 0 Å². The molecule has 17 heavy (non-hydrogen) atoms. The van der Waals surface area contributed by atoms with Crippen molar-refractivity contribution in [1.82, 2.24) is 0 Å². The van der Waals surface area contributed by atoms with Crippen molar-refractivity contribution in [1.29, 1.82) is 0 Å². The molecule has 1 aromatic heterocycles. The molecule has 1 aliphatic rings. The van der Waals surface area contributed by atoms with Crippen molar-refractivity contribution in [2.24, 2.45) is 11.8 Å². The van der Waals surface area contributed by atoms with Crippen LogP contribution in [0.1, 0.15) is 11.3 Å². The molecule has 0 amide bonds. The van der Waals surface area contributed by atoms with Gasteiger partial charge in [-0.3, -0.25) is 0 Å². The highest BCUT2D eigenvalue weighted by molar-refractivity contribution is 9.10. The van der Waals surface area contributed by atoms with E-state index in [1.54, 1.807) is 11.3 Å². The fraction of sp³-hybridized carbons (Fsp3) is 0.636. The van der Waals surface area contributed by atoms with Crippen LogP contribution in [0.2, 0.25) is 0 Å². The SMILES string of the molecule is O=S1(=O)CCC(C(CCl)Cc2sccc2Br)C1. The first-order valence-corrected chi connectivity index (χ1v) is 9.53. The molecule has 2 unspecified atom stereocenters. The van der Waals surface area contributed by atoms with Crippen molar-refractivity contribution in [3.8, 4) is 0 Å². The highest BCUT2D eigenvalue weighted by atomic mass is 79.9. The summed E-state index contributed by atoms with van der Waals surface area (Å²) in [6, 6.07) is 2.02. The topological polar surface area (TPSA) is 34.1 Å².